The molecule has 1 fully saturated rings. The predicted molar refractivity (Wildman–Crippen MR) is 72.3 cm³/mol. The lowest BCUT2D eigenvalue weighted by Gasteiger charge is -2.44. The molecule has 3 nitrogen and oxygen atoms in total. The second-order valence-corrected chi connectivity index (χ2v) is 6.07. The standard InChI is InChI=1S/C15H25NO2/c1-12-6-4-8-15(10-12,16(2)3)14(17)13-7-5-9-18-11-13/h11-12H,4-10H2,1-3H3. The Bertz CT molecular complexity index is 348. The van der Waals surface area contributed by atoms with Gasteiger partial charge in [-0.25, -0.2) is 0 Å². The zero-order valence-electron chi connectivity index (χ0n) is 11.9. The molecule has 102 valence electrons. The molecule has 0 aromatic rings. The van der Waals surface area contributed by atoms with Gasteiger partial charge in [0.2, 0.25) is 0 Å². The first-order valence-corrected chi connectivity index (χ1v) is 7.09. The summed E-state index contributed by atoms with van der Waals surface area (Å²) in [5.41, 5.74) is 0.605. The first-order valence-electron chi connectivity index (χ1n) is 7.09. The van der Waals surface area contributed by atoms with Crippen molar-refractivity contribution in [2.75, 3.05) is 20.7 Å². The van der Waals surface area contributed by atoms with Crippen molar-refractivity contribution in [3.05, 3.63) is 11.8 Å². The lowest BCUT2D eigenvalue weighted by Crippen LogP contribution is -2.54. The average Bonchev–Trinajstić information content (AvgIpc) is 2.38. The molecule has 1 aliphatic heterocycles. The molecule has 0 spiro atoms. The van der Waals surface area contributed by atoms with Crippen molar-refractivity contribution in [2.45, 2.75) is 51.0 Å². The molecule has 18 heavy (non-hydrogen) atoms. The lowest BCUT2D eigenvalue weighted by atomic mass is 9.71. The number of hydrogen-bond donors (Lipinski definition) is 0. The fourth-order valence-corrected chi connectivity index (χ4v) is 3.37. The van der Waals surface area contributed by atoms with E-state index in [4.69, 9.17) is 4.74 Å². The molecule has 0 N–H and O–H groups in total. The Hall–Kier alpha value is -0.830. The van der Waals surface area contributed by atoms with E-state index in [0.29, 0.717) is 11.7 Å². The van der Waals surface area contributed by atoms with E-state index in [1.165, 1.54) is 6.42 Å². The van der Waals surface area contributed by atoms with E-state index in [1.54, 1.807) is 6.26 Å². The van der Waals surface area contributed by atoms with Crippen molar-refractivity contribution in [2.24, 2.45) is 5.92 Å². The normalized spacial score (nSPS) is 32.9. The van der Waals surface area contributed by atoms with Gasteiger partial charge in [-0.3, -0.25) is 9.69 Å². The summed E-state index contributed by atoms with van der Waals surface area (Å²) in [5, 5.41) is 0. The van der Waals surface area contributed by atoms with Crippen molar-refractivity contribution in [3.8, 4) is 0 Å². The molecule has 1 saturated carbocycles. The third-order valence-corrected chi connectivity index (χ3v) is 4.48. The number of ether oxygens (including phenoxy) is 1. The van der Waals surface area contributed by atoms with Crippen LogP contribution in [0.15, 0.2) is 11.8 Å². The summed E-state index contributed by atoms with van der Waals surface area (Å²) in [4.78, 5) is 15.0. The van der Waals surface area contributed by atoms with Gasteiger partial charge in [0.1, 0.15) is 0 Å². The summed E-state index contributed by atoms with van der Waals surface area (Å²) in [6, 6.07) is 0. The van der Waals surface area contributed by atoms with Gasteiger partial charge in [-0.05, 0) is 45.7 Å². The third-order valence-electron chi connectivity index (χ3n) is 4.48. The largest absolute Gasteiger partial charge is 0.501 e. The van der Waals surface area contributed by atoms with Crippen LogP contribution in [-0.2, 0) is 9.53 Å². The first kappa shape index (κ1) is 13.6. The Balaban J connectivity index is 2.23. The van der Waals surface area contributed by atoms with Crippen LogP contribution in [0.2, 0.25) is 0 Å². The zero-order valence-corrected chi connectivity index (χ0v) is 11.9. The van der Waals surface area contributed by atoms with Crippen molar-refractivity contribution in [1.29, 1.82) is 0 Å². The van der Waals surface area contributed by atoms with E-state index in [0.717, 1.165) is 44.3 Å². The molecule has 2 rings (SSSR count). The number of Topliss-reactive ketones (excluding diaryl/α,β-unsaturated/α-hetero) is 1. The summed E-state index contributed by atoms with van der Waals surface area (Å²) in [6.45, 7) is 3.01. The minimum Gasteiger partial charge on any atom is -0.501 e. The highest BCUT2D eigenvalue weighted by Gasteiger charge is 2.44. The van der Waals surface area contributed by atoms with Gasteiger partial charge >= 0.3 is 0 Å². The molecule has 2 aliphatic rings. The Morgan fingerprint density at radius 2 is 2.22 bits per heavy atom. The van der Waals surface area contributed by atoms with Crippen LogP contribution in [0.25, 0.3) is 0 Å². The van der Waals surface area contributed by atoms with E-state index >= 15 is 0 Å². The SMILES string of the molecule is CC1CCCC(C(=O)C2=COCCC2)(N(C)C)C1. The van der Waals surface area contributed by atoms with Crippen molar-refractivity contribution in [1.82, 2.24) is 4.90 Å². The average molecular weight is 251 g/mol. The lowest BCUT2D eigenvalue weighted by molar-refractivity contribution is -0.129. The minimum absolute atomic E-state index is 0.287. The molecule has 0 radical (unpaired) electrons. The summed E-state index contributed by atoms with van der Waals surface area (Å²) in [5.74, 6) is 0.939. The number of ketones is 1. The van der Waals surface area contributed by atoms with E-state index in [9.17, 15) is 4.79 Å². The van der Waals surface area contributed by atoms with Crippen molar-refractivity contribution >= 4 is 5.78 Å². The van der Waals surface area contributed by atoms with Crippen LogP contribution in [0, 0.1) is 5.92 Å². The second-order valence-electron chi connectivity index (χ2n) is 6.07. The molecule has 0 aromatic carbocycles. The maximum Gasteiger partial charge on any atom is 0.182 e. The van der Waals surface area contributed by atoms with Gasteiger partial charge in [-0.2, -0.15) is 0 Å². The van der Waals surface area contributed by atoms with Crippen LogP contribution < -0.4 is 0 Å². The first-order chi connectivity index (χ1) is 8.56. The van der Waals surface area contributed by atoms with Gasteiger partial charge in [0.15, 0.2) is 5.78 Å². The Morgan fingerprint density at radius 1 is 1.44 bits per heavy atom. The minimum atomic E-state index is -0.287. The van der Waals surface area contributed by atoms with Gasteiger partial charge in [0.25, 0.3) is 0 Å². The number of carbonyl (C=O) groups is 1. The Labute approximate surface area is 110 Å². The fraction of sp³-hybridized carbons (Fsp3) is 0.800. The van der Waals surface area contributed by atoms with Crippen LogP contribution in [-0.4, -0.2) is 36.9 Å². The van der Waals surface area contributed by atoms with Crippen LogP contribution in [0.4, 0.5) is 0 Å². The summed E-state index contributed by atoms with van der Waals surface area (Å²) in [7, 11) is 4.08. The third kappa shape index (κ3) is 2.46. The van der Waals surface area contributed by atoms with Gasteiger partial charge in [0.05, 0.1) is 18.4 Å². The van der Waals surface area contributed by atoms with E-state index in [-0.39, 0.29) is 5.54 Å². The Morgan fingerprint density at radius 3 is 2.78 bits per heavy atom. The highest BCUT2D eigenvalue weighted by molar-refractivity contribution is 6.02. The van der Waals surface area contributed by atoms with Crippen LogP contribution in [0.3, 0.4) is 0 Å². The molecule has 0 amide bonds. The van der Waals surface area contributed by atoms with Crippen LogP contribution in [0.1, 0.15) is 45.4 Å². The molecule has 2 atom stereocenters. The maximum atomic E-state index is 12.9. The molecular formula is C15H25NO2. The van der Waals surface area contributed by atoms with Gasteiger partial charge in [0, 0.05) is 5.57 Å². The van der Waals surface area contributed by atoms with Gasteiger partial charge in [-0.1, -0.05) is 19.8 Å². The zero-order chi connectivity index (χ0) is 13.2. The number of likely N-dealkylation sites (N-methyl/N-ethyl adjacent to an activating group) is 1. The molecule has 1 aliphatic carbocycles. The highest BCUT2D eigenvalue weighted by Crippen LogP contribution is 2.38. The van der Waals surface area contributed by atoms with Gasteiger partial charge in [-0.15, -0.1) is 0 Å². The molecule has 0 bridgehead atoms. The van der Waals surface area contributed by atoms with Crippen LogP contribution in [0.5, 0.6) is 0 Å². The number of hydrogen-bond acceptors (Lipinski definition) is 3. The van der Waals surface area contributed by atoms with E-state index < -0.39 is 0 Å². The smallest absolute Gasteiger partial charge is 0.182 e. The van der Waals surface area contributed by atoms with Crippen LogP contribution >= 0.6 is 0 Å². The van der Waals surface area contributed by atoms with Crippen molar-refractivity contribution < 1.29 is 9.53 Å². The van der Waals surface area contributed by atoms with Gasteiger partial charge < -0.3 is 4.74 Å². The highest BCUT2D eigenvalue weighted by atomic mass is 16.5. The summed E-state index contributed by atoms with van der Waals surface area (Å²) in [6.07, 6.45) is 7.92. The summed E-state index contributed by atoms with van der Waals surface area (Å²) < 4.78 is 5.34. The molecule has 3 heteroatoms. The fourth-order valence-electron chi connectivity index (χ4n) is 3.37. The molecular weight excluding hydrogens is 226 g/mol. The maximum absolute atomic E-state index is 12.9. The molecule has 2 unspecified atom stereocenters. The number of rotatable bonds is 3. The van der Waals surface area contributed by atoms with E-state index in [1.807, 2.05) is 14.1 Å². The molecule has 0 saturated heterocycles. The number of carbonyl (C=O) groups excluding carboxylic acids is 1. The predicted octanol–water partition coefficient (Wildman–Crippen LogP) is 2.76. The second kappa shape index (κ2) is 5.43. The van der Waals surface area contributed by atoms with E-state index in [2.05, 4.69) is 11.8 Å². The monoisotopic (exact) mass is 251 g/mol. The molecule has 0 aromatic heterocycles. The topological polar surface area (TPSA) is 29.5 Å². The molecule has 1 heterocycles. The van der Waals surface area contributed by atoms with Crippen molar-refractivity contribution in [3.63, 3.8) is 0 Å². The summed E-state index contributed by atoms with van der Waals surface area (Å²) >= 11 is 0. The quantitative estimate of drug-likeness (QED) is 0.772. The Kier molecular flexibility index (Phi) is 4.10. The number of nitrogens with zero attached hydrogens (tertiary/aromatic N) is 1.